The summed E-state index contributed by atoms with van der Waals surface area (Å²) in [6, 6.07) is 12.4. The average Bonchev–Trinajstić information content (AvgIpc) is 2.52. The van der Waals surface area contributed by atoms with Gasteiger partial charge >= 0.3 is 0 Å². The molecular weight excluding hydrogens is 267 g/mol. The molecule has 0 amide bonds. The fourth-order valence-electron chi connectivity index (χ4n) is 1.81. The first-order chi connectivity index (χ1) is 10.3. The monoisotopic (exact) mass is 286 g/mol. The molecule has 4 nitrogen and oxygen atoms in total. The van der Waals surface area contributed by atoms with Crippen molar-refractivity contribution in [2.45, 2.75) is 20.0 Å². The molecule has 1 heterocycles. The van der Waals surface area contributed by atoms with Gasteiger partial charge in [-0.15, -0.1) is 0 Å². The standard InChI is InChI=1S/C16H19FN4/c1-2-18-16(21-12-14-8-5-6-10-19-14)20-11-13-7-3-4-9-15(13)17/h3-10H,2,11-12H2,1H3,(H2,18,20,21). The predicted octanol–water partition coefficient (Wildman–Crippen LogP) is 2.48. The maximum atomic E-state index is 13.6. The fraction of sp³-hybridized carbons (Fsp3) is 0.250. The van der Waals surface area contributed by atoms with Crippen LogP contribution in [-0.4, -0.2) is 17.5 Å². The van der Waals surface area contributed by atoms with Gasteiger partial charge < -0.3 is 10.6 Å². The molecule has 0 saturated carbocycles. The SMILES string of the molecule is CCNC(=NCc1ccccc1F)NCc1ccccn1. The van der Waals surface area contributed by atoms with Gasteiger partial charge in [0.1, 0.15) is 5.82 Å². The van der Waals surface area contributed by atoms with E-state index >= 15 is 0 Å². The molecule has 1 aromatic heterocycles. The number of aromatic nitrogens is 1. The van der Waals surface area contributed by atoms with E-state index in [0.717, 1.165) is 12.2 Å². The summed E-state index contributed by atoms with van der Waals surface area (Å²) in [5.41, 5.74) is 1.50. The van der Waals surface area contributed by atoms with Crippen molar-refractivity contribution >= 4 is 5.96 Å². The molecule has 0 atom stereocenters. The number of hydrogen-bond acceptors (Lipinski definition) is 2. The molecule has 2 rings (SSSR count). The number of nitrogens with zero attached hydrogens (tertiary/aromatic N) is 2. The van der Waals surface area contributed by atoms with Gasteiger partial charge in [-0.25, -0.2) is 9.38 Å². The molecule has 0 saturated heterocycles. The minimum Gasteiger partial charge on any atom is -0.357 e. The van der Waals surface area contributed by atoms with Crippen LogP contribution in [0.25, 0.3) is 0 Å². The molecule has 0 aliphatic rings. The van der Waals surface area contributed by atoms with E-state index < -0.39 is 0 Å². The van der Waals surface area contributed by atoms with Crippen LogP contribution < -0.4 is 10.6 Å². The summed E-state index contributed by atoms with van der Waals surface area (Å²) in [5, 5.41) is 6.31. The van der Waals surface area contributed by atoms with Crippen molar-refractivity contribution in [3.8, 4) is 0 Å². The molecule has 0 unspecified atom stereocenters. The lowest BCUT2D eigenvalue weighted by molar-refractivity contribution is 0.610. The van der Waals surface area contributed by atoms with Gasteiger partial charge in [0.15, 0.2) is 5.96 Å². The minimum absolute atomic E-state index is 0.234. The molecule has 0 bridgehead atoms. The molecule has 0 radical (unpaired) electrons. The van der Waals surface area contributed by atoms with Crippen LogP contribution in [0.4, 0.5) is 4.39 Å². The van der Waals surface area contributed by atoms with Gasteiger partial charge in [0.05, 0.1) is 18.8 Å². The smallest absolute Gasteiger partial charge is 0.191 e. The second kappa shape index (κ2) is 7.99. The number of guanidine groups is 1. The Bertz CT molecular complexity index is 584. The molecule has 5 heteroatoms. The van der Waals surface area contributed by atoms with Crippen LogP contribution in [0, 0.1) is 5.82 Å². The number of hydrogen-bond donors (Lipinski definition) is 2. The predicted molar refractivity (Wildman–Crippen MR) is 82.3 cm³/mol. The molecule has 110 valence electrons. The maximum Gasteiger partial charge on any atom is 0.191 e. The van der Waals surface area contributed by atoms with Crippen LogP contribution in [0.5, 0.6) is 0 Å². The van der Waals surface area contributed by atoms with E-state index in [1.54, 1.807) is 18.3 Å². The number of rotatable bonds is 5. The summed E-state index contributed by atoms with van der Waals surface area (Å²) in [6.07, 6.45) is 1.75. The van der Waals surface area contributed by atoms with Crippen molar-refractivity contribution in [2.75, 3.05) is 6.54 Å². The zero-order valence-electron chi connectivity index (χ0n) is 12.0. The first-order valence-electron chi connectivity index (χ1n) is 6.95. The number of nitrogens with one attached hydrogen (secondary N) is 2. The molecule has 21 heavy (non-hydrogen) atoms. The number of aliphatic imine (C=N–C) groups is 1. The van der Waals surface area contributed by atoms with E-state index in [9.17, 15) is 4.39 Å². The van der Waals surface area contributed by atoms with E-state index in [4.69, 9.17) is 0 Å². The largest absolute Gasteiger partial charge is 0.357 e. The maximum absolute atomic E-state index is 13.6. The van der Waals surface area contributed by atoms with Gasteiger partial charge in [-0.05, 0) is 25.1 Å². The Kier molecular flexibility index (Phi) is 5.70. The van der Waals surface area contributed by atoms with Crippen molar-refractivity contribution in [1.29, 1.82) is 0 Å². The Balaban J connectivity index is 1.98. The topological polar surface area (TPSA) is 49.3 Å². The summed E-state index contributed by atoms with van der Waals surface area (Å²) in [5.74, 6) is 0.410. The highest BCUT2D eigenvalue weighted by Gasteiger charge is 2.02. The van der Waals surface area contributed by atoms with Gasteiger partial charge in [0, 0.05) is 18.3 Å². The second-order valence-corrected chi connectivity index (χ2v) is 4.46. The number of benzene rings is 1. The summed E-state index contributed by atoms with van der Waals surface area (Å²) in [4.78, 5) is 8.62. The Hall–Kier alpha value is -2.43. The van der Waals surface area contributed by atoms with E-state index in [0.29, 0.717) is 24.6 Å². The number of pyridine rings is 1. The van der Waals surface area contributed by atoms with Crippen LogP contribution in [0.2, 0.25) is 0 Å². The van der Waals surface area contributed by atoms with Crippen LogP contribution >= 0.6 is 0 Å². The fourth-order valence-corrected chi connectivity index (χ4v) is 1.81. The van der Waals surface area contributed by atoms with Crippen LogP contribution in [0.1, 0.15) is 18.2 Å². The molecular formula is C16H19FN4. The average molecular weight is 286 g/mol. The van der Waals surface area contributed by atoms with Gasteiger partial charge in [-0.2, -0.15) is 0 Å². The molecule has 1 aromatic carbocycles. The molecule has 0 fully saturated rings. The van der Waals surface area contributed by atoms with Crippen molar-refractivity contribution in [3.05, 3.63) is 65.7 Å². The molecule has 0 aliphatic heterocycles. The highest BCUT2D eigenvalue weighted by atomic mass is 19.1. The van der Waals surface area contributed by atoms with Crippen molar-refractivity contribution in [2.24, 2.45) is 4.99 Å². The third-order valence-corrected chi connectivity index (χ3v) is 2.87. The van der Waals surface area contributed by atoms with Crippen LogP contribution in [-0.2, 0) is 13.1 Å². The summed E-state index contributed by atoms with van der Waals surface area (Å²) in [7, 11) is 0. The Morgan fingerprint density at radius 3 is 2.67 bits per heavy atom. The van der Waals surface area contributed by atoms with Crippen molar-refractivity contribution in [1.82, 2.24) is 15.6 Å². The second-order valence-electron chi connectivity index (χ2n) is 4.46. The van der Waals surface area contributed by atoms with Gasteiger partial charge in [0.2, 0.25) is 0 Å². The Labute approximate surface area is 124 Å². The molecule has 2 aromatic rings. The van der Waals surface area contributed by atoms with Gasteiger partial charge in [-0.1, -0.05) is 24.3 Å². The number of halogens is 1. The third kappa shape index (κ3) is 4.87. The van der Waals surface area contributed by atoms with Crippen molar-refractivity contribution < 1.29 is 4.39 Å². The normalized spacial score (nSPS) is 11.2. The van der Waals surface area contributed by atoms with Crippen LogP contribution in [0.15, 0.2) is 53.7 Å². The van der Waals surface area contributed by atoms with E-state index in [1.165, 1.54) is 6.07 Å². The van der Waals surface area contributed by atoms with E-state index in [-0.39, 0.29) is 5.82 Å². The quantitative estimate of drug-likeness (QED) is 0.656. The molecule has 0 spiro atoms. The lowest BCUT2D eigenvalue weighted by atomic mass is 10.2. The first kappa shape index (κ1) is 15.0. The summed E-state index contributed by atoms with van der Waals surface area (Å²) < 4.78 is 13.6. The molecule has 2 N–H and O–H groups in total. The first-order valence-corrected chi connectivity index (χ1v) is 6.95. The van der Waals surface area contributed by atoms with Gasteiger partial charge in [-0.3, -0.25) is 4.98 Å². The Morgan fingerprint density at radius 1 is 1.14 bits per heavy atom. The summed E-state index contributed by atoms with van der Waals surface area (Å²) >= 11 is 0. The summed E-state index contributed by atoms with van der Waals surface area (Å²) in [6.45, 7) is 3.60. The van der Waals surface area contributed by atoms with Crippen molar-refractivity contribution in [3.63, 3.8) is 0 Å². The van der Waals surface area contributed by atoms with E-state index in [1.807, 2.05) is 31.2 Å². The zero-order valence-corrected chi connectivity index (χ0v) is 12.0. The Morgan fingerprint density at radius 2 is 1.95 bits per heavy atom. The van der Waals surface area contributed by atoms with Gasteiger partial charge in [0.25, 0.3) is 0 Å². The molecule has 0 aliphatic carbocycles. The van der Waals surface area contributed by atoms with E-state index in [2.05, 4.69) is 20.6 Å². The lowest BCUT2D eigenvalue weighted by Crippen LogP contribution is -2.37. The van der Waals surface area contributed by atoms with Crippen LogP contribution in [0.3, 0.4) is 0 Å². The third-order valence-electron chi connectivity index (χ3n) is 2.87. The minimum atomic E-state index is -0.234. The highest BCUT2D eigenvalue weighted by molar-refractivity contribution is 5.79. The highest BCUT2D eigenvalue weighted by Crippen LogP contribution is 2.07. The zero-order chi connectivity index (χ0) is 14.9. The lowest BCUT2D eigenvalue weighted by Gasteiger charge is -2.11.